The molecule has 2 rings (SSSR count). The molecule has 0 aliphatic carbocycles. The normalized spacial score (nSPS) is 18.7. The minimum Gasteiger partial charge on any atom is -0.272 e. The van der Waals surface area contributed by atoms with E-state index in [9.17, 15) is 4.79 Å². The van der Waals surface area contributed by atoms with Crippen LogP contribution in [0, 0.1) is 0 Å². The molecule has 1 aromatic rings. The van der Waals surface area contributed by atoms with Crippen LogP contribution in [0.3, 0.4) is 0 Å². The van der Waals surface area contributed by atoms with Crippen LogP contribution in [0.15, 0.2) is 24.3 Å². The van der Waals surface area contributed by atoms with Crippen molar-refractivity contribution < 1.29 is 4.79 Å². The molecule has 0 N–H and O–H groups in total. The van der Waals surface area contributed by atoms with Crippen LogP contribution in [0.2, 0.25) is 0 Å². The number of nitrogens with zero attached hydrogens (tertiary/aromatic N) is 1. The number of carbonyl (C=O) groups excluding carboxylic acids is 1. The number of rotatable bonds is 4. The van der Waals surface area contributed by atoms with Gasteiger partial charge < -0.3 is 0 Å². The summed E-state index contributed by atoms with van der Waals surface area (Å²) in [4.78, 5) is 11.7. The maximum absolute atomic E-state index is 11.7. The fourth-order valence-electron chi connectivity index (χ4n) is 2.09. The average molecular weight is 202 g/mol. The zero-order valence-corrected chi connectivity index (χ0v) is 9.07. The molecule has 0 saturated heterocycles. The highest BCUT2D eigenvalue weighted by Crippen LogP contribution is 2.35. The molecule has 0 bridgehead atoms. The fraction of sp³-hybridized carbons (Fsp3) is 0.462. The van der Waals surface area contributed by atoms with E-state index in [1.54, 1.807) is 0 Å². The number of hydrogen-bond acceptors (Lipinski definition) is 1. The van der Waals surface area contributed by atoms with Crippen molar-refractivity contribution in [3.63, 3.8) is 0 Å². The van der Waals surface area contributed by atoms with Gasteiger partial charge in [-0.2, -0.15) is 0 Å². The van der Waals surface area contributed by atoms with Crippen LogP contribution in [0.4, 0.5) is 5.69 Å². The van der Waals surface area contributed by atoms with Gasteiger partial charge in [-0.1, -0.05) is 44.4 Å². The monoisotopic (exact) mass is 202 g/mol. The summed E-state index contributed by atoms with van der Waals surface area (Å²) in [5.41, 5.74) is 2.00. The molecule has 1 radical (unpaired) electrons. The van der Waals surface area contributed by atoms with Gasteiger partial charge in [-0.05, 0) is 18.1 Å². The molecule has 2 heteroatoms. The average Bonchev–Trinajstić information content (AvgIpc) is 2.56. The maximum Gasteiger partial charge on any atom is 0.253 e. The summed E-state index contributed by atoms with van der Waals surface area (Å²) in [6, 6.07) is 7.87. The van der Waals surface area contributed by atoms with E-state index < -0.39 is 0 Å². The van der Waals surface area contributed by atoms with Gasteiger partial charge in [0.05, 0.1) is 11.6 Å². The zero-order valence-electron chi connectivity index (χ0n) is 9.07. The van der Waals surface area contributed by atoms with E-state index in [2.05, 4.69) is 12.2 Å². The summed E-state index contributed by atoms with van der Waals surface area (Å²) < 4.78 is 0. The predicted octanol–water partition coefficient (Wildman–Crippen LogP) is 3.13. The first-order valence-electron chi connectivity index (χ1n) is 5.67. The van der Waals surface area contributed by atoms with Crippen molar-refractivity contribution in [2.24, 2.45) is 0 Å². The number of benzene rings is 1. The molecule has 1 atom stereocenters. The van der Waals surface area contributed by atoms with E-state index >= 15 is 0 Å². The molecule has 1 aliphatic rings. The number of amides is 1. The van der Waals surface area contributed by atoms with Crippen molar-refractivity contribution in [2.45, 2.75) is 38.5 Å². The Morgan fingerprint density at radius 1 is 1.27 bits per heavy atom. The predicted molar refractivity (Wildman–Crippen MR) is 60.1 cm³/mol. The SMILES string of the molecule is CCCCCC1C(=O)[N]c2ccccc21. The molecular formula is C13H16NO. The summed E-state index contributed by atoms with van der Waals surface area (Å²) in [5.74, 6) is 0.0834. The lowest BCUT2D eigenvalue weighted by atomic mass is 9.95. The minimum atomic E-state index is 0.0350. The lowest BCUT2D eigenvalue weighted by Gasteiger charge is -2.06. The van der Waals surface area contributed by atoms with E-state index in [0.717, 1.165) is 24.1 Å². The van der Waals surface area contributed by atoms with Crippen molar-refractivity contribution in [3.8, 4) is 0 Å². The van der Waals surface area contributed by atoms with E-state index in [-0.39, 0.29) is 11.8 Å². The molecule has 0 saturated carbocycles. The van der Waals surface area contributed by atoms with Crippen LogP contribution in [0.5, 0.6) is 0 Å². The lowest BCUT2D eigenvalue weighted by molar-refractivity contribution is -0.121. The van der Waals surface area contributed by atoms with Crippen LogP contribution in [-0.4, -0.2) is 5.91 Å². The van der Waals surface area contributed by atoms with Crippen molar-refractivity contribution >= 4 is 11.6 Å². The third-order valence-corrected chi connectivity index (χ3v) is 2.94. The number of para-hydroxylation sites is 1. The summed E-state index contributed by atoms with van der Waals surface area (Å²) in [6.45, 7) is 2.18. The van der Waals surface area contributed by atoms with Crippen LogP contribution < -0.4 is 5.32 Å². The first kappa shape index (κ1) is 10.2. The lowest BCUT2D eigenvalue weighted by Crippen LogP contribution is -2.11. The second-order valence-electron chi connectivity index (χ2n) is 4.06. The van der Waals surface area contributed by atoms with Crippen molar-refractivity contribution in [1.29, 1.82) is 0 Å². The first-order valence-corrected chi connectivity index (χ1v) is 5.67. The Hall–Kier alpha value is -1.31. The Morgan fingerprint density at radius 2 is 2.07 bits per heavy atom. The highest BCUT2D eigenvalue weighted by molar-refractivity contribution is 5.93. The topological polar surface area (TPSA) is 31.2 Å². The quantitative estimate of drug-likeness (QED) is 0.690. The second-order valence-corrected chi connectivity index (χ2v) is 4.06. The Labute approximate surface area is 90.7 Å². The zero-order chi connectivity index (χ0) is 10.7. The van der Waals surface area contributed by atoms with Gasteiger partial charge in [-0.25, -0.2) is 5.32 Å². The van der Waals surface area contributed by atoms with Gasteiger partial charge in [0.15, 0.2) is 0 Å². The van der Waals surface area contributed by atoms with Gasteiger partial charge in [-0.15, -0.1) is 0 Å². The molecular weight excluding hydrogens is 186 g/mol. The Morgan fingerprint density at radius 3 is 2.87 bits per heavy atom. The van der Waals surface area contributed by atoms with Crippen LogP contribution in [-0.2, 0) is 4.79 Å². The Kier molecular flexibility index (Phi) is 3.05. The van der Waals surface area contributed by atoms with E-state index in [1.165, 1.54) is 12.8 Å². The minimum absolute atomic E-state index is 0.0350. The maximum atomic E-state index is 11.7. The molecule has 1 aromatic carbocycles. The van der Waals surface area contributed by atoms with Gasteiger partial charge in [0, 0.05) is 0 Å². The third-order valence-electron chi connectivity index (χ3n) is 2.94. The van der Waals surface area contributed by atoms with Crippen molar-refractivity contribution in [1.82, 2.24) is 5.32 Å². The third kappa shape index (κ3) is 2.04. The van der Waals surface area contributed by atoms with E-state index in [4.69, 9.17) is 0 Å². The number of unbranched alkanes of at least 4 members (excludes halogenated alkanes) is 2. The van der Waals surface area contributed by atoms with E-state index in [1.807, 2.05) is 24.3 Å². The number of hydrogen-bond donors (Lipinski definition) is 0. The summed E-state index contributed by atoms with van der Waals surface area (Å²) >= 11 is 0. The summed E-state index contributed by atoms with van der Waals surface area (Å²) in [6.07, 6.45) is 4.47. The first-order chi connectivity index (χ1) is 7.33. The molecule has 15 heavy (non-hydrogen) atoms. The summed E-state index contributed by atoms with van der Waals surface area (Å²) in [7, 11) is 0. The molecule has 0 aromatic heterocycles. The molecule has 1 unspecified atom stereocenters. The van der Waals surface area contributed by atoms with Gasteiger partial charge in [0.1, 0.15) is 0 Å². The van der Waals surface area contributed by atoms with Gasteiger partial charge in [0.25, 0.3) is 5.91 Å². The van der Waals surface area contributed by atoms with E-state index in [0.29, 0.717) is 0 Å². The van der Waals surface area contributed by atoms with Crippen molar-refractivity contribution in [2.75, 3.05) is 0 Å². The molecule has 1 aliphatic heterocycles. The standard InChI is InChI=1S/C13H16NO/c1-2-3-4-8-11-10-7-5-6-9-12(10)14-13(11)15/h5-7,9,11H,2-4,8H2,1H3. The highest BCUT2D eigenvalue weighted by Gasteiger charge is 2.30. The Bertz CT molecular complexity index is 359. The molecule has 1 amide bonds. The molecule has 0 spiro atoms. The number of fused-ring (bicyclic) bond motifs is 1. The van der Waals surface area contributed by atoms with Crippen LogP contribution >= 0.6 is 0 Å². The van der Waals surface area contributed by atoms with Gasteiger partial charge in [-0.3, -0.25) is 4.79 Å². The smallest absolute Gasteiger partial charge is 0.253 e. The molecule has 79 valence electrons. The molecule has 0 fully saturated rings. The van der Waals surface area contributed by atoms with Gasteiger partial charge in [0.2, 0.25) is 0 Å². The number of carbonyl (C=O) groups is 1. The van der Waals surface area contributed by atoms with Crippen molar-refractivity contribution in [3.05, 3.63) is 29.8 Å². The second kappa shape index (κ2) is 4.47. The molecule has 2 nitrogen and oxygen atoms in total. The Balaban J connectivity index is 2.08. The fourth-order valence-corrected chi connectivity index (χ4v) is 2.09. The molecule has 1 heterocycles. The highest BCUT2D eigenvalue weighted by atomic mass is 16.2. The van der Waals surface area contributed by atoms with Crippen LogP contribution in [0.25, 0.3) is 0 Å². The summed E-state index contributed by atoms with van der Waals surface area (Å²) in [5, 5.41) is 4.07. The van der Waals surface area contributed by atoms with Gasteiger partial charge >= 0.3 is 0 Å². The largest absolute Gasteiger partial charge is 0.272 e. The van der Waals surface area contributed by atoms with Crippen LogP contribution in [0.1, 0.15) is 44.1 Å².